The van der Waals surface area contributed by atoms with Crippen LogP contribution in [-0.2, 0) is 0 Å². The van der Waals surface area contributed by atoms with Crippen LogP contribution in [0.3, 0.4) is 0 Å². The molecule has 0 spiro atoms. The summed E-state index contributed by atoms with van der Waals surface area (Å²) < 4.78 is 40.4. The van der Waals surface area contributed by atoms with Gasteiger partial charge in [0.2, 0.25) is 0 Å². The van der Waals surface area contributed by atoms with E-state index in [1.165, 1.54) is 0 Å². The van der Waals surface area contributed by atoms with E-state index in [0.717, 1.165) is 66.2 Å². The van der Waals surface area contributed by atoms with Crippen LogP contribution < -0.4 is 4.90 Å². The van der Waals surface area contributed by atoms with Crippen LogP contribution in [-0.4, -0.2) is 4.57 Å². The van der Waals surface area contributed by atoms with Crippen LogP contribution in [0.15, 0.2) is 218 Å². The summed E-state index contributed by atoms with van der Waals surface area (Å²) in [5.41, 5.74) is 9.66. The zero-order valence-electron chi connectivity index (χ0n) is 33.4. The molecule has 10 rings (SSSR count). The maximum absolute atomic E-state index is 9.65. The molecule has 0 bridgehead atoms. The van der Waals surface area contributed by atoms with Gasteiger partial charge in [-0.3, -0.25) is 0 Å². The molecule has 0 N–H and O–H groups in total. The number of rotatable bonds is 7. The molecule has 9 aromatic carbocycles. The van der Waals surface area contributed by atoms with Crippen molar-refractivity contribution in [3.63, 3.8) is 0 Å². The Morgan fingerprint density at radius 1 is 0.389 bits per heavy atom. The van der Waals surface area contributed by atoms with E-state index in [-0.39, 0.29) is 35.4 Å². The molecule has 0 saturated carbocycles. The lowest BCUT2D eigenvalue weighted by Gasteiger charge is -2.29. The zero-order chi connectivity index (χ0) is 39.3. The Morgan fingerprint density at radius 3 is 1.83 bits per heavy atom. The lowest BCUT2D eigenvalue weighted by atomic mass is 9.95. The number of anilines is 3. The first-order valence-corrected chi connectivity index (χ1v) is 18.2. The Morgan fingerprint density at radius 2 is 0.981 bits per heavy atom. The van der Waals surface area contributed by atoms with Gasteiger partial charge in [-0.25, -0.2) is 0 Å². The Balaban J connectivity index is 1.27. The molecule has 0 fully saturated rings. The normalized spacial score (nSPS) is 12.4. The van der Waals surface area contributed by atoms with E-state index < -0.39 is 0 Å². The first-order valence-electron chi connectivity index (χ1n) is 20.2. The van der Waals surface area contributed by atoms with Gasteiger partial charge >= 0.3 is 0 Å². The topological polar surface area (TPSA) is 8.17 Å². The van der Waals surface area contributed by atoms with E-state index in [2.05, 4.69) is 120 Å². The lowest BCUT2D eigenvalue weighted by molar-refractivity contribution is 1.18. The van der Waals surface area contributed by atoms with Crippen LogP contribution in [0.4, 0.5) is 17.1 Å². The molecular weight excluding hydrogens is 653 g/mol. The van der Waals surface area contributed by atoms with Crippen LogP contribution in [0.1, 0.15) is 5.48 Å². The van der Waals surface area contributed by atoms with Crippen molar-refractivity contribution in [1.29, 1.82) is 0 Å². The summed E-state index contributed by atoms with van der Waals surface area (Å²) in [7, 11) is 0. The quantitative estimate of drug-likeness (QED) is 0.161. The Kier molecular flexibility index (Phi) is 6.84. The fourth-order valence-corrected chi connectivity index (χ4v) is 7.84. The average Bonchev–Trinajstić information content (AvgIpc) is 3.62. The number of hydrogen-bond acceptors (Lipinski definition) is 1. The van der Waals surface area contributed by atoms with Gasteiger partial charge in [0.25, 0.3) is 0 Å². The first kappa shape index (κ1) is 27.5. The van der Waals surface area contributed by atoms with Crippen molar-refractivity contribution in [3.05, 3.63) is 218 Å². The summed E-state index contributed by atoms with van der Waals surface area (Å²) in [6, 6.07) is 65.0. The lowest BCUT2D eigenvalue weighted by Crippen LogP contribution is -2.11. The second kappa shape index (κ2) is 13.4. The molecule has 254 valence electrons. The molecule has 1 heterocycles. The van der Waals surface area contributed by atoms with Crippen molar-refractivity contribution in [3.8, 4) is 39.1 Å². The molecule has 0 unspecified atom stereocenters. The SMILES string of the molecule is [2H]c1c([2H])c(N(c2cccc(-c3cccc4ccccc34)c2)c2ccccc2-c2cccc3c2c2ccccc2n3-c2ccccc2)c([2H])c([2H])c1-c1ccccc1. The van der Waals surface area contributed by atoms with Crippen LogP contribution in [0, 0.1) is 0 Å². The fourth-order valence-electron chi connectivity index (χ4n) is 7.84. The van der Waals surface area contributed by atoms with Crippen molar-refractivity contribution in [2.75, 3.05) is 4.90 Å². The van der Waals surface area contributed by atoms with Gasteiger partial charge in [-0.1, -0.05) is 164 Å². The summed E-state index contributed by atoms with van der Waals surface area (Å²) >= 11 is 0. The number of aromatic nitrogens is 1. The molecule has 0 atom stereocenters. The third-order valence-corrected chi connectivity index (χ3v) is 10.3. The fraction of sp³-hybridized carbons (Fsp3) is 0. The second-order valence-corrected chi connectivity index (χ2v) is 13.4. The van der Waals surface area contributed by atoms with Crippen molar-refractivity contribution in [2.45, 2.75) is 0 Å². The second-order valence-electron chi connectivity index (χ2n) is 13.4. The predicted molar refractivity (Wildman–Crippen MR) is 229 cm³/mol. The third kappa shape index (κ3) is 5.44. The third-order valence-electron chi connectivity index (χ3n) is 10.3. The van der Waals surface area contributed by atoms with Crippen LogP contribution in [0.5, 0.6) is 0 Å². The molecular formula is C52H36N2. The summed E-state index contributed by atoms with van der Waals surface area (Å²) in [6.45, 7) is 0. The summed E-state index contributed by atoms with van der Waals surface area (Å²) in [5.74, 6) is 0. The molecule has 0 saturated heterocycles. The highest BCUT2D eigenvalue weighted by Gasteiger charge is 2.22. The van der Waals surface area contributed by atoms with Gasteiger partial charge in [0.05, 0.1) is 22.2 Å². The molecule has 0 radical (unpaired) electrons. The molecule has 54 heavy (non-hydrogen) atoms. The van der Waals surface area contributed by atoms with E-state index in [0.29, 0.717) is 11.3 Å². The average molecular weight is 693 g/mol. The first-order chi connectivity index (χ1) is 28.5. The Labute approximate surface area is 321 Å². The summed E-state index contributed by atoms with van der Waals surface area (Å²) in [4.78, 5) is 1.93. The van der Waals surface area contributed by atoms with Gasteiger partial charge in [0.1, 0.15) is 0 Å². The van der Waals surface area contributed by atoms with E-state index in [9.17, 15) is 5.48 Å². The summed E-state index contributed by atoms with van der Waals surface area (Å²) in [5, 5.41) is 4.43. The van der Waals surface area contributed by atoms with Crippen LogP contribution in [0.2, 0.25) is 0 Å². The minimum absolute atomic E-state index is 0.0945. The molecule has 10 aromatic rings. The Bertz CT molecular complexity index is 3140. The number of fused-ring (bicyclic) bond motifs is 4. The highest BCUT2D eigenvalue weighted by atomic mass is 15.1. The maximum atomic E-state index is 9.65. The molecule has 2 nitrogen and oxygen atoms in total. The molecule has 0 aliphatic rings. The number of para-hydroxylation sites is 3. The highest BCUT2D eigenvalue weighted by Crippen LogP contribution is 2.46. The van der Waals surface area contributed by atoms with E-state index in [1.54, 1.807) is 0 Å². The number of hydrogen-bond donors (Lipinski definition) is 0. The van der Waals surface area contributed by atoms with E-state index >= 15 is 0 Å². The van der Waals surface area contributed by atoms with Crippen LogP contribution in [0.25, 0.3) is 71.6 Å². The highest BCUT2D eigenvalue weighted by molar-refractivity contribution is 6.17. The van der Waals surface area contributed by atoms with Gasteiger partial charge in [0.15, 0.2) is 0 Å². The van der Waals surface area contributed by atoms with Crippen molar-refractivity contribution >= 4 is 49.6 Å². The Hall–Kier alpha value is -7.16. The minimum atomic E-state index is -0.121. The number of benzene rings is 9. The molecule has 1 aromatic heterocycles. The molecule has 0 amide bonds. The monoisotopic (exact) mass is 692 g/mol. The molecule has 0 aliphatic carbocycles. The van der Waals surface area contributed by atoms with Gasteiger partial charge in [-0.2, -0.15) is 0 Å². The van der Waals surface area contributed by atoms with E-state index in [4.69, 9.17) is 0 Å². The van der Waals surface area contributed by atoms with Gasteiger partial charge < -0.3 is 9.47 Å². The number of nitrogens with zero attached hydrogens (tertiary/aromatic N) is 2. The molecule has 0 aliphatic heterocycles. The largest absolute Gasteiger partial charge is 0.310 e. The van der Waals surface area contributed by atoms with Gasteiger partial charge in [0, 0.05) is 33.4 Å². The molecule has 2 heteroatoms. The maximum Gasteiger partial charge on any atom is 0.0645 e. The van der Waals surface area contributed by atoms with Gasteiger partial charge in [-0.15, -0.1) is 0 Å². The van der Waals surface area contributed by atoms with Gasteiger partial charge in [-0.05, 0) is 93.1 Å². The standard InChI is InChI=1S/C52H36N2/c1-3-16-37(17-4-1)38-32-34-42(35-33-38)53(43-23-13-20-40(36-43)45-27-14-19-39-18-7-8-24-44(39)45)49-29-11-9-25-46(49)47-28-15-31-51-52(47)48-26-10-12-30-50(48)54(51)41-21-5-2-6-22-41/h1-36H/i32D,33D,34D,35D. The smallest absolute Gasteiger partial charge is 0.0645 e. The van der Waals surface area contributed by atoms with Crippen molar-refractivity contribution in [2.24, 2.45) is 0 Å². The van der Waals surface area contributed by atoms with Crippen molar-refractivity contribution < 1.29 is 5.48 Å². The summed E-state index contributed by atoms with van der Waals surface area (Å²) in [6.07, 6.45) is 0. The van der Waals surface area contributed by atoms with Crippen LogP contribution >= 0.6 is 0 Å². The predicted octanol–water partition coefficient (Wildman–Crippen LogP) is 14.4. The van der Waals surface area contributed by atoms with Crippen molar-refractivity contribution in [1.82, 2.24) is 4.57 Å². The minimum Gasteiger partial charge on any atom is -0.310 e. The zero-order valence-corrected chi connectivity index (χ0v) is 29.4. The van der Waals surface area contributed by atoms with E-state index in [1.807, 2.05) is 83.8 Å².